The van der Waals surface area contributed by atoms with E-state index in [4.69, 9.17) is 19.6 Å². The van der Waals surface area contributed by atoms with Crippen LogP contribution < -0.4 is 10.1 Å². The van der Waals surface area contributed by atoms with Gasteiger partial charge in [-0.3, -0.25) is 4.79 Å². The molecule has 0 unspecified atom stereocenters. The smallest absolute Gasteiger partial charge is 0.252 e. The predicted molar refractivity (Wildman–Crippen MR) is 145 cm³/mol. The van der Waals surface area contributed by atoms with Crippen LogP contribution in [0.2, 0.25) is 0 Å². The summed E-state index contributed by atoms with van der Waals surface area (Å²) in [4.78, 5) is 18.4. The number of aliphatic hydroxyl groups is 1. The van der Waals surface area contributed by atoms with Crippen LogP contribution in [-0.2, 0) is 9.53 Å². The van der Waals surface area contributed by atoms with E-state index in [1.54, 1.807) is 7.05 Å². The molecule has 2 N–H and O–H groups in total. The molecule has 7 heteroatoms. The number of nitrogens with zero attached hydrogens (tertiary/aromatic N) is 1. The van der Waals surface area contributed by atoms with Crippen molar-refractivity contribution in [1.82, 2.24) is 5.32 Å². The first kappa shape index (κ1) is 25.7. The Labute approximate surface area is 219 Å². The minimum Gasteiger partial charge on any atom is -0.494 e. The number of hydrogen-bond donors (Lipinski definition) is 2. The van der Waals surface area contributed by atoms with Crippen LogP contribution in [-0.4, -0.2) is 42.7 Å². The van der Waals surface area contributed by atoms with Crippen molar-refractivity contribution in [3.8, 4) is 5.75 Å². The van der Waals surface area contributed by atoms with Crippen molar-refractivity contribution in [2.45, 2.75) is 24.5 Å². The van der Waals surface area contributed by atoms with E-state index < -0.39 is 11.6 Å². The number of ether oxygens (including phenoxy) is 2. The lowest BCUT2D eigenvalue weighted by Crippen LogP contribution is -2.46. The molecule has 0 aromatic heterocycles. The van der Waals surface area contributed by atoms with Crippen molar-refractivity contribution in [3.05, 3.63) is 106 Å². The van der Waals surface area contributed by atoms with Gasteiger partial charge in [-0.2, -0.15) is 0 Å². The molecule has 0 radical (unpaired) electrons. The lowest BCUT2D eigenvalue weighted by Gasteiger charge is -2.29. The number of likely N-dealkylation sites (N-methyl/N-ethyl adjacent to an activating group) is 1. The molecule has 0 aliphatic carbocycles. The van der Waals surface area contributed by atoms with Gasteiger partial charge in [0, 0.05) is 42.1 Å². The van der Waals surface area contributed by atoms with Gasteiger partial charge in [-0.15, -0.1) is 0 Å². The molecule has 4 rings (SSSR count). The Kier molecular flexibility index (Phi) is 8.57. The number of benzene rings is 3. The highest BCUT2D eigenvalue weighted by Gasteiger charge is 2.52. The molecule has 3 aromatic carbocycles. The lowest BCUT2D eigenvalue weighted by molar-refractivity contribution is -0.128. The maximum atomic E-state index is 13.5. The van der Waals surface area contributed by atoms with Crippen molar-refractivity contribution in [1.29, 1.82) is 0 Å². The second-order valence-corrected chi connectivity index (χ2v) is 9.26. The molecule has 0 saturated heterocycles. The topological polar surface area (TPSA) is 80.2 Å². The van der Waals surface area contributed by atoms with Crippen LogP contribution in [0.25, 0.3) is 6.08 Å². The number of carbonyl (C=O) groups excluding carboxylic acids is 1. The summed E-state index contributed by atoms with van der Waals surface area (Å²) in [7, 11) is 1.62. The minimum atomic E-state index is -1.20. The van der Waals surface area contributed by atoms with E-state index >= 15 is 0 Å². The summed E-state index contributed by atoms with van der Waals surface area (Å²) < 4.78 is 12.9. The maximum absolute atomic E-state index is 13.5. The molecule has 3 aromatic rings. The predicted octanol–water partition coefficient (Wildman–Crippen LogP) is 5.32. The van der Waals surface area contributed by atoms with Crippen molar-refractivity contribution in [3.63, 3.8) is 0 Å². The highest BCUT2D eigenvalue weighted by molar-refractivity contribution is 9.10. The molecule has 36 heavy (non-hydrogen) atoms. The standard InChI is InChI=1S/C29H29BrN2O4/c1-31-28(34)29(18-7-11-21-9-3-2-4-10-21)26(24-12-5-6-13-25(24)30)36-27(32-29)22-14-16-23(17-15-22)35-20-8-19-33/h2-7,9-17,26,33H,8,18-20H2,1H3,(H,31,34)/b11-7+/t26-,29-/m1/s1. The molecular formula is C29H29BrN2O4. The normalized spacial score (nSPS) is 19.1. The molecule has 1 aliphatic heterocycles. The summed E-state index contributed by atoms with van der Waals surface area (Å²) in [5.74, 6) is 0.866. The number of halogens is 1. The zero-order chi connectivity index (χ0) is 25.4. The first-order valence-electron chi connectivity index (χ1n) is 11.9. The van der Waals surface area contributed by atoms with E-state index in [2.05, 4.69) is 21.2 Å². The van der Waals surface area contributed by atoms with Crippen molar-refractivity contribution >= 4 is 33.8 Å². The van der Waals surface area contributed by atoms with Crippen LogP contribution in [0.4, 0.5) is 0 Å². The van der Waals surface area contributed by atoms with Crippen LogP contribution in [0.5, 0.6) is 5.75 Å². The number of amides is 1. The van der Waals surface area contributed by atoms with Gasteiger partial charge in [-0.25, -0.2) is 4.99 Å². The Morgan fingerprint density at radius 2 is 1.83 bits per heavy atom. The number of aliphatic imine (C=N–C) groups is 1. The number of hydrogen-bond acceptors (Lipinski definition) is 5. The Balaban J connectivity index is 1.71. The SMILES string of the molecule is CNC(=O)[C@]1(C/C=C/c2ccccc2)N=C(c2ccc(OCCCO)cc2)O[C@@H]1c1ccccc1Br. The van der Waals surface area contributed by atoms with E-state index in [1.807, 2.05) is 91.0 Å². The van der Waals surface area contributed by atoms with Crippen molar-refractivity contribution in [2.24, 2.45) is 4.99 Å². The lowest BCUT2D eigenvalue weighted by atomic mass is 9.84. The number of rotatable bonds is 10. The first-order valence-corrected chi connectivity index (χ1v) is 12.7. The fourth-order valence-corrected chi connectivity index (χ4v) is 4.63. The summed E-state index contributed by atoms with van der Waals surface area (Å²) in [6.07, 6.45) is 4.25. The third-order valence-corrected chi connectivity index (χ3v) is 6.71. The van der Waals surface area contributed by atoms with Gasteiger partial charge in [0.05, 0.1) is 6.61 Å². The highest BCUT2D eigenvalue weighted by Crippen LogP contribution is 2.44. The monoisotopic (exact) mass is 548 g/mol. The van der Waals surface area contributed by atoms with Crippen LogP contribution in [0.15, 0.2) is 94.4 Å². The fraction of sp³-hybridized carbons (Fsp3) is 0.241. The second-order valence-electron chi connectivity index (χ2n) is 8.41. The van der Waals surface area contributed by atoms with E-state index in [0.717, 1.165) is 21.2 Å². The van der Waals surface area contributed by atoms with E-state index in [1.165, 1.54) is 0 Å². The molecule has 2 atom stereocenters. The molecular weight excluding hydrogens is 520 g/mol. The van der Waals surface area contributed by atoms with Gasteiger partial charge in [-0.05, 0) is 35.9 Å². The summed E-state index contributed by atoms with van der Waals surface area (Å²) in [5.41, 5.74) is 1.44. The minimum absolute atomic E-state index is 0.0828. The Bertz CT molecular complexity index is 1230. The molecule has 0 bridgehead atoms. The van der Waals surface area contributed by atoms with E-state index in [-0.39, 0.29) is 12.5 Å². The average molecular weight is 549 g/mol. The van der Waals surface area contributed by atoms with Gasteiger partial charge in [0.25, 0.3) is 5.91 Å². The quantitative estimate of drug-likeness (QED) is 0.336. The molecule has 186 valence electrons. The van der Waals surface area contributed by atoms with Crippen LogP contribution in [0.1, 0.15) is 35.6 Å². The summed E-state index contributed by atoms with van der Waals surface area (Å²) in [6.45, 7) is 0.518. The van der Waals surface area contributed by atoms with Crippen molar-refractivity contribution < 1.29 is 19.4 Å². The summed E-state index contributed by atoms with van der Waals surface area (Å²) >= 11 is 3.63. The van der Waals surface area contributed by atoms with Crippen LogP contribution >= 0.6 is 15.9 Å². The third-order valence-electron chi connectivity index (χ3n) is 5.98. The summed E-state index contributed by atoms with van der Waals surface area (Å²) in [5, 5.41) is 11.8. The number of carbonyl (C=O) groups is 1. The van der Waals surface area contributed by atoms with Gasteiger partial charge >= 0.3 is 0 Å². The molecule has 1 heterocycles. The van der Waals surface area contributed by atoms with E-state index in [9.17, 15) is 4.79 Å². The number of nitrogens with one attached hydrogen (secondary N) is 1. The molecule has 0 spiro atoms. The van der Waals surface area contributed by atoms with Gasteiger partial charge < -0.3 is 19.9 Å². The fourth-order valence-electron chi connectivity index (χ4n) is 4.14. The van der Waals surface area contributed by atoms with Gasteiger partial charge in [0.2, 0.25) is 5.90 Å². The van der Waals surface area contributed by atoms with Gasteiger partial charge in [-0.1, -0.05) is 76.6 Å². The van der Waals surface area contributed by atoms with Crippen LogP contribution in [0.3, 0.4) is 0 Å². The average Bonchev–Trinajstić information content (AvgIpc) is 3.30. The number of aliphatic hydroxyl groups excluding tert-OH is 1. The molecule has 1 aliphatic rings. The Hall–Kier alpha value is -3.42. The summed E-state index contributed by atoms with van der Waals surface area (Å²) in [6, 6.07) is 25.1. The van der Waals surface area contributed by atoms with Gasteiger partial charge in [0.15, 0.2) is 11.6 Å². The zero-order valence-electron chi connectivity index (χ0n) is 20.1. The molecule has 6 nitrogen and oxygen atoms in total. The largest absolute Gasteiger partial charge is 0.494 e. The van der Waals surface area contributed by atoms with Gasteiger partial charge in [0.1, 0.15) is 5.75 Å². The molecule has 1 amide bonds. The second kappa shape index (κ2) is 12.0. The van der Waals surface area contributed by atoms with E-state index in [0.29, 0.717) is 31.1 Å². The molecule has 0 fully saturated rings. The van der Waals surface area contributed by atoms with Crippen molar-refractivity contribution in [2.75, 3.05) is 20.3 Å². The molecule has 0 saturated carbocycles. The highest BCUT2D eigenvalue weighted by atomic mass is 79.9. The Morgan fingerprint density at radius 3 is 2.53 bits per heavy atom. The maximum Gasteiger partial charge on any atom is 0.252 e. The first-order chi connectivity index (χ1) is 17.6. The third kappa shape index (κ3) is 5.69. The zero-order valence-corrected chi connectivity index (χ0v) is 21.6. The van der Waals surface area contributed by atoms with Crippen LogP contribution in [0, 0.1) is 0 Å². The Morgan fingerprint density at radius 1 is 1.11 bits per heavy atom.